The smallest absolute Gasteiger partial charge is 0.246 e. The molecule has 1 aliphatic heterocycles. The Labute approximate surface area is 113 Å². The van der Waals surface area contributed by atoms with E-state index in [1.807, 2.05) is 6.07 Å². The standard InChI is InChI=1S/C16H20N2O/c1-9-2-7-13-12(8-9)15(16(19)17-13)18-14(10-3-4-10)11-5-6-11/h2,7-8,10-11,14-15,18H,3-6H2,1H3,(H,17,19). The van der Waals surface area contributed by atoms with E-state index in [4.69, 9.17) is 0 Å². The molecule has 2 saturated carbocycles. The van der Waals surface area contributed by atoms with Gasteiger partial charge in [-0.3, -0.25) is 10.1 Å². The van der Waals surface area contributed by atoms with Crippen molar-refractivity contribution in [3.05, 3.63) is 29.3 Å². The molecule has 1 heterocycles. The minimum absolute atomic E-state index is 0.118. The second kappa shape index (κ2) is 4.07. The number of fused-ring (bicyclic) bond motifs is 1. The number of benzene rings is 1. The van der Waals surface area contributed by atoms with Crippen molar-refractivity contribution < 1.29 is 4.79 Å². The molecule has 2 fully saturated rings. The molecule has 4 rings (SSSR count). The summed E-state index contributed by atoms with van der Waals surface area (Å²) in [6.45, 7) is 2.08. The van der Waals surface area contributed by atoms with Gasteiger partial charge in [-0.2, -0.15) is 0 Å². The van der Waals surface area contributed by atoms with Crippen molar-refractivity contribution in [2.75, 3.05) is 5.32 Å². The summed E-state index contributed by atoms with van der Waals surface area (Å²) in [5.74, 6) is 1.75. The molecule has 1 aromatic carbocycles. The van der Waals surface area contributed by atoms with E-state index >= 15 is 0 Å². The van der Waals surface area contributed by atoms with Crippen molar-refractivity contribution in [3.63, 3.8) is 0 Å². The summed E-state index contributed by atoms with van der Waals surface area (Å²) in [5, 5.41) is 6.66. The largest absolute Gasteiger partial charge is 0.324 e. The molecule has 1 aromatic rings. The highest BCUT2D eigenvalue weighted by Gasteiger charge is 2.44. The lowest BCUT2D eigenvalue weighted by atomic mass is 10.0. The maximum atomic E-state index is 12.2. The molecule has 0 radical (unpaired) electrons. The number of anilines is 1. The Morgan fingerprint density at radius 2 is 1.89 bits per heavy atom. The molecule has 1 unspecified atom stereocenters. The fourth-order valence-corrected chi connectivity index (χ4v) is 3.31. The Balaban J connectivity index is 1.60. The second-order valence-corrected chi connectivity index (χ2v) is 6.38. The van der Waals surface area contributed by atoms with Gasteiger partial charge < -0.3 is 5.32 Å². The molecule has 2 N–H and O–H groups in total. The SMILES string of the molecule is Cc1ccc2c(c1)C(NC(C1CC1)C1CC1)C(=O)N2. The maximum Gasteiger partial charge on any atom is 0.246 e. The Bertz CT molecular complexity index is 520. The van der Waals surface area contributed by atoms with Crippen molar-refractivity contribution in [1.29, 1.82) is 0 Å². The summed E-state index contributed by atoms with van der Waals surface area (Å²) >= 11 is 0. The van der Waals surface area contributed by atoms with Gasteiger partial charge in [-0.15, -0.1) is 0 Å². The monoisotopic (exact) mass is 256 g/mol. The van der Waals surface area contributed by atoms with E-state index in [9.17, 15) is 4.79 Å². The summed E-state index contributed by atoms with van der Waals surface area (Å²) in [4.78, 5) is 12.2. The predicted molar refractivity (Wildman–Crippen MR) is 74.9 cm³/mol. The first-order valence-corrected chi connectivity index (χ1v) is 7.40. The average Bonchev–Trinajstić information content (AvgIpc) is 3.25. The topological polar surface area (TPSA) is 41.1 Å². The number of hydrogen-bond acceptors (Lipinski definition) is 2. The fraction of sp³-hybridized carbons (Fsp3) is 0.562. The zero-order chi connectivity index (χ0) is 13.0. The van der Waals surface area contributed by atoms with Gasteiger partial charge in [0.15, 0.2) is 0 Å². The summed E-state index contributed by atoms with van der Waals surface area (Å²) < 4.78 is 0. The number of rotatable bonds is 4. The van der Waals surface area contributed by atoms with E-state index in [-0.39, 0.29) is 11.9 Å². The molecule has 0 spiro atoms. The molecule has 3 nitrogen and oxygen atoms in total. The van der Waals surface area contributed by atoms with Crippen molar-refractivity contribution in [3.8, 4) is 0 Å². The highest BCUT2D eigenvalue weighted by Crippen LogP contribution is 2.46. The van der Waals surface area contributed by atoms with Gasteiger partial charge in [-0.1, -0.05) is 17.7 Å². The Kier molecular flexibility index (Phi) is 2.46. The summed E-state index contributed by atoms with van der Waals surface area (Å²) in [6.07, 6.45) is 5.35. The first-order chi connectivity index (χ1) is 9.22. The lowest BCUT2D eigenvalue weighted by Gasteiger charge is -2.22. The van der Waals surface area contributed by atoms with Gasteiger partial charge in [-0.05, 0) is 50.5 Å². The predicted octanol–water partition coefficient (Wildman–Crippen LogP) is 2.77. The van der Waals surface area contributed by atoms with Crippen LogP contribution in [0.3, 0.4) is 0 Å². The van der Waals surface area contributed by atoms with Crippen molar-refractivity contribution >= 4 is 11.6 Å². The second-order valence-electron chi connectivity index (χ2n) is 6.38. The summed E-state index contributed by atoms with van der Waals surface area (Å²) in [5.41, 5.74) is 3.34. The van der Waals surface area contributed by atoms with Crippen molar-refractivity contribution in [1.82, 2.24) is 5.32 Å². The van der Waals surface area contributed by atoms with Crippen LogP contribution >= 0.6 is 0 Å². The summed E-state index contributed by atoms with van der Waals surface area (Å²) in [6, 6.07) is 6.64. The van der Waals surface area contributed by atoms with Gasteiger partial charge in [0.05, 0.1) is 0 Å². The van der Waals surface area contributed by atoms with Gasteiger partial charge in [0.2, 0.25) is 5.91 Å². The van der Waals surface area contributed by atoms with Crippen molar-refractivity contribution in [2.45, 2.75) is 44.7 Å². The van der Waals surface area contributed by atoms with E-state index in [1.165, 1.54) is 31.2 Å². The molecule has 3 heteroatoms. The Hall–Kier alpha value is -1.35. The van der Waals surface area contributed by atoms with Crippen LogP contribution in [0.5, 0.6) is 0 Å². The van der Waals surface area contributed by atoms with Crippen LogP contribution in [-0.4, -0.2) is 11.9 Å². The number of nitrogens with one attached hydrogen (secondary N) is 2. The van der Waals surface area contributed by atoms with E-state index in [1.54, 1.807) is 0 Å². The number of hydrogen-bond donors (Lipinski definition) is 2. The Morgan fingerprint density at radius 3 is 2.53 bits per heavy atom. The van der Waals surface area contributed by atoms with Crippen LogP contribution in [-0.2, 0) is 4.79 Å². The molecule has 0 saturated heterocycles. The minimum Gasteiger partial charge on any atom is -0.324 e. The first-order valence-electron chi connectivity index (χ1n) is 7.40. The highest BCUT2D eigenvalue weighted by atomic mass is 16.2. The third-order valence-corrected chi connectivity index (χ3v) is 4.66. The van der Waals surface area contributed by atoms with Gasteiger partial charge in [-0.25, -0.2) is 0 Å². The molecule has 100 valence electrons. The van der Waals surface area contributed by atoms with Crippen LogP contribution in [0.2, 0.25) is 0 Å². The van der Waals surface area contributed by atoms with Crippen LogP contribution in [0.4, 0.5) is 5.69 Å². The van der Waals surface area contributed by atoms with Gasteiger partial charge in [0.25, 0.3) is 0 Å². The maximum absolute atomic E-state index is 12.2. The Morgan fingerprint density at radius 1 is 1.21 bits per heavy atom. The number of carbonyl (C=O) groups is 1. The third-order valence-electron chi connectivity index (χ3n) is 4.66. The molecular formula is C16H20N2O. The van der Waals surface area contributed by atoms with Crippen LogP contribution in [0.1, 0.15) is 42.9 Å². The molecule has 2 aliphatic carbocycles. The molecule has 1 atom stereocenters. The van der Waals surface area contributed by atoms with E-state index in [2.05, 4.69) is 29.7 Å². The van der Waals surface area contributed by atoms with Crippen LogP contribution in [0.25, 0.3) is 0 Å². The molecule has 1 amide bonds. The van der Waals surface area contributed by atoms with Crippen LogP contribution < -0.4 is 10.6 Å². The van der Waals surface area contributed by atoms with Gasteiger partial charge >= 0.3 is 0 Å². The molecular weight excluding hydrogens is 236 g/mol. The zero-order valence-electron chi connectivity index (χ0n) is 11.3. The molecule has 19 heavy (non-hydrogen) atoms. The zero-order valence-corrected chi connectivity index (χ0v) is 11.3. The van der Waals surface area contributed by atoms with Gasteiger partial charge in [0, 0.05) is 17.3 Å². The van der Waals surface area contributed by atoms with Gasteiger partial charge in [0.1, 0.15) is 6.04 Å². The lowest BCUT2D eigenvalue weighted by Crippen LogP contribution is -2.39. The van der Waals surface area contributed by atoms with E-state index < -0.39 is 0 Å². The lowest BCUT2D eigenvalue weighted by molar-refractivity contribution is -0.117. The fourth-order valence-electron chi connectivity index (χ4n) is 3.31. The number of aryl methyl sites for hydroxylation is 1. The van der Waals surface area contributed by atoms with E-state index in [0.29, 0.717) is 6.04 Å². The first kappa shape index (κ1) is 11.5. The third kappa shape index (κ3) is 2.06. The minimum atomic E-state index is -0.138. The molecule has 0 aromatic heterocycles. The number of amides is 1. The quantitative estimate of drug-likeness (QED) is 0.869. The molecule has 3 aliphatic rings. The average molecular weight is 256 g/mol. The van der Waals surface area contributed by atoms with Crippen molar-refractivity contribution in [2.24, 2.45) is 11.8 Å². The number of carbonyl (C=O) groups excluding carboxylic acids is 1. The van der Waals surface area contributed by atoms with Crippen LogP contribution in [0.15, 0.2) is 18.2 Å². The summed E-state index contributed by atoms with van der Waals surface area (Å²) in [7, 11) is 0. The highest BCUT2D eigenvalue weighted by molar-refractivity contribution is 6.02. The molecule has 0 bridgehead atoms. The normalized spacial score (nSPS) is 25.6. The van der Waals surface area contributed by atoms with E-state index in [0.717, 1.165) is 23.1 Å². The van der Waals surface area contributed by atoms with Crippen LogP contribution in [0, 0.1) is 18.8 Å².